The third kappa shape index (κ3) is 2.90. The molecule has 0 radical (unpaired) electrons. The van der Waals surface area contributed by atoms with Gasteiger partial charge >= 0.3 is 0 Å². The molecule has 0 saturated heterocycles. The van der Waals surface area contributed by atoms with E-state index < -0.39 is 0 Å². The van der Waals surface area contributed by atoms with Gasteiger partial charge < -0.3 is 4.42 Å². The summed E-state index contributed by atoms with van der Waals surface area (Å²) in [6.45, 7) is 0. The second kappa shape index (κ2) is 7.01. The van der Waals surface area contributed by atoms with Gasteiger partial charge in [0.15, 0.2) is 0 Å². The fourth-order valence-corrected chi connectivity index (χ4v) is 4.62. The molecular weight excluding hydrogens is 404 g/mol. The summed E-state index contributed by atoms with van der Waals surface area (Å²) < 4.78 is 5.97. The van der Waals surface area contributed by atoms with Crippen molar-refractivity contribution >= 4 is 43.7 Å². The van der Waals surface area contributed by atoms with Crippen molar-refractivity contribution < 1.29 is 4.42 Å². The maximum atomic E-state index is 5.97. The summed E-state index contributed by atoms with van der Waals surface area (Å²) >= 11 is 0. The lowest BCUT2D eigenvalue weighted by molar-refractivity contribution is 0.669. The zero-order valence-corrected chi connectivity index (χ0v) is 17.7. The van der Waals surface area contributed by atoms with E-state index in [9.17, 15) is 0 Å². The van der Waals surface area contributed by atoms with Gasteiger partial charge in [-0.3, -0.25) is 4.98 Å². The van der Waals surface area contributed by atoms with Gasteiger partial charge in [0, 0.05) is 33.3 Å². The van der Waals surface area contributed by atoms with E-state index in [0.29, 0.717) is 0 Å². The summed E-state index contributed by atoms with van der Waals surface area (Å²) in [5.41, 5.74) is 8.08. The fourth-order valence-electron chi connectivity index (χ4n) is 4.62. The molecule has 0 spiro atoms. The maximum absolute atomic E-state index is 5.97. The van der Waals surface area contributed by atoms with Crippen LogP contribution in [0, 0.1) is 0 Å². The second-order valence-electron chi connectivity index (χ2n) is 8.30. The third-order valence-electron chi connectivity index (χ3n) is 6.32. The standard InChI is InChI=1S/C30H18N2O/c1-2-6-27-24(5-1)25-18-23(14-16-28(25)33-27)19-7-9-20(10-8-19)26-15-13-22-12-11-21-4-3-17-31-29(21)30(22)32-26/h1-18H. The Balaban J connectivity index is 1.30. The van der Waals surface area contributed by atoms with Crippen molar-refractivity contribution in [3.8, 4) is 22.4 Å². The Morgan fingerprint density at radius 2 is 1.24 bits per heavy atom. The monoisotopic (exact) mass is 422 g/mol. The molecule has 3 aromatic heterocycles. The number of hydrogen-bond donors (Lipinski definition) is 0. The molecule has 3 heterocycles. The van der Waals surface area contributed by atoms with E-state index in [-0.39, 0.29) is 0 Å². The summed E-state index contributed by atoms with van der Waals surface area (Å²) in [5.74, 6) is 0. The van der Waals surface area contributed by atoms with Crippen LogP contribution >= 0.6 is 0 Å². The molecule has 0 aliphatic carbocycles. The minimum absolute atomic E-state index is 0.915. The first-order valence-electron chi connectivity index (χ1n) is 11.0. The van der Waals surface area contributed by atoms with Crippen LogP contribution in [0.3, 0.4) is 0 Å². The molecule has 7 rings (SSSR count). The Morgan fingerprint density at radius 3 is 2.15 bits per heavy atom. The number of hydrogen-bond acceptors (Lipinski definition) is 3. The van der Waals surface area contributed by atoms with Gasteiger partial charge in [0.1, 0.15) is 11.2 Å². The first-order chi connectivity index (χ1) is 16.3. The van der Waals surface area contributed by atoms with E-state index in [1.165, 1.54) is 11.1 Å². The van der Waals surface area contributed by atoms with Gasteiger partial charge in [-0.25, -0.2) is 4.98 Å². The maximum Gasteiger partial charge on any atom is 0.135 e. The SMILES string of the molecule is c1cnc2c(c1)ccc1ccc(-c3ccc(-c4ccc5oc6ccccc6c5c4)cc3)nc12. The molecule has 4 aromatic carbocycles. The summed E-state index contributed by atoms with van der Waals surface area (Å²) in [7, 11) is 0. The molecule has 0 atom stereocenters. The largest absolute Gasteiger partial charge is 0.456 e. The van der Waals surface area contributed by atoms with Gasteiger partial charge in [-0.1, -0.05) is 72.8 Å². The van der Waals surface area contributed by atoms with Crippen molar-refractivity contribution in [2.75, 3.05) is 0 Å². The zero-order chi connectivity index (χ0) is 21.8. The minimum atomic E-state index is 0.915. The summed E-state index contributed by atoms with van der Waals surface area (Å²) in [4.78, 5) is 9.54. The van der Waals surface area contributed by atoms with E-state index in [4.69, 9.17) is 9.40 Å². The predicted octanol–water partition coefficient (Wildman–Crippen LogP) is 8.02. The van der Waals surface area contributed by atoms with E-state index in [1.807, 2.05) is 30.5 Å². The molecule has 0 unspecified atom stereocenters. The van der Waals surface area contributed by atoms with Gasteiger partial charge in [0.2, 0.25) is 0 Å². The predicted molar refractivity (Wildman–Crippen MR) is 135 cm³/mol. The second-order valence-corrected chi connectivity index (χ2v) is 8.30. The summed E-state index contributed by atoms with van der Waals surface area (Å²) in [5, 5.41) is 4.49. The lowest BCUT2D eigenvalue weighted by Crippen LogP contribution is -1.88. The number of aromatic nitrogens is 2. The van der Waals surface area contributed by atoms with Gasteiger partial charge in [-0.05, 0) is 41.5 Å². The third-order valence-corrected chi connectivity index (χ3v) is 6.32. The number of furan rings is 1. The smallest absolute Gasteiger partial charge is 0.135 e. The first-order valence-corrected chi connectivity index (χ1v) is 11.0. The molecule has 7 aromatic rings. The van der Waals surface area contributed by atoms with Crippen molar-refractivity contribution in [1.82, 2.24) is 9.97 Å². The van der Waals surface area contributed by atoms with Crippen molar-refractivity contribution in [3.63, 3.8) is 0 Å². The van der Waals surface area contributed by atoms with Gasteiger partial charge in [0.05, 0.1) is 16.7 Å². The van der Waals surface area contributed by atoms with Crippen LogP contribution in [-0.2, 0) is 0 Å². The minimum Gasteiger partial charge on any atom is -0.456 e. The molecule has 3 heteroatoms. The molecule has 0 bridgehead atoms. The molecule has 3 nitrogen and oxygen atoms in total. The molecular formula is C30H18N2O. The van der Waals surface area contributed by atoms with Gasteiger partial charge in [0.25, 0.3) is 0 Å². The van der Waals surface area contributed by atoms with Crippen molar-refractivity contribution in [2.24, 2.45) is 0 Å². The van der Waals surface area contributed by atoms with Crippen molar-refractivity contribution in [3.05, 3.63) is 109 Å². The van der Waals surface area contributed by atoms with Crippen LogP contribution < -0.4 is 0 Å². The molecule has 0 saturated carbocycles. The van der Waals surface area contributed by atoms with E-state index >= 15 is 0 Å². The molecule has 0 fully saturated rings. The van der Waals surface area contributed by atoms with E-state index in [1.54, 1.807) is 0 Å². The van der Waals surface area contributed by atoms with Crippen molar-refractivity contribution in [2.45, 2.75) is 0 Å². The fraction of sp³-hybridized carbons (Fsp3) is 0. The van der Waals surface area contributed by atoms with Crippen LogP contribution in [0.15, 0.2) is 114 Å². The highest BCUT2D eigenvalue weighted by molar-refractivity contribution is 6.06. The Hall–Kier alpha value is -4.50. The Labute approximate surface area is 190 Å². The number of pyridine rings is 2. The summed E-state index contributed by atoms with van der Waals surface area (Å²) in [6.07, 6.45) is 1.82. The number of fused-ring (bicyclic) bond motifs is 6. The van der Waals surface area contributed by atoms with Crippen LogP contribution in [0.2, 0.25) is 0 Å². The highest BCUT2D eigenvalue weighted by Crippen LogP contribution is 2.33. The number of rotatable bonds is 2. The molecule has 0 aliphatic heterocycles. The highest BCUT2D eigenvalue weighted by Gasteiger charge is 2.09. The van der Waals surface area contributed by atoms with Crippen LogP contribution in [0.1, 0.15) is 0 Å². The van der Waals surface area contributed by atoms with Crippen LogP contribution in [0.25, 0.3) is 66.1 Å². The first kappa shape index (κ1) is 18.1. The molecule has 33 heavy (non-hydrogen) atoms. The quantitative estimate of drug-likeness (QED) is 0.265. The zero-order valence-electron chi connectivity index (χ0n) is 17.7. The highest BCUT2D eigenvalue weighted by atomic mass is 16.3. The molecule has 154 valence electrons. The topological polar surface area (TPSA) is 38.9 Å². The molecule has 0 N–H and O–H groups in total. The molecule has 0 aliphatic rings. The average molecular weight is 422 g/mol. The van der Waals surface area contributed by atoms with Crippen LogP contribution in [0.5, 0.6) is 0 Å². The van der Waals surface area contributed by atoms with E-state index in [0.717, 1.165) is 55.0 Å². The normalized spacial score (nSPS) is 11.6. The number of para-hydroxylation sites is 1. The summed E-state index contributed by atoms with van der Waals surface area (Å²) in [6, 6.07) is 35.6. The Morgan fingerprint density at radius 1 is 0.515 bits per heavy atom. The Kier molecular flexibility index (Phi) is 3.84. The average Bonchev–Trinajstić information content (AvgIpc) is 3.26. The lowest BCUT2D eigenvalue weighted by atomic mass is 10.0. The van der Waals surface area contributed by atoms with Crippen molar-refractivity contribution in [1.29, 1.82) is 0 Å². The molecule has 0 amide bonds. The number of nitrogens with zero attached hydrogens (tertiary/aromatic N) is 2. The lowest BCUT2D eigenvalue weighted by Gasteiger charge is -2.07. The Bertz CT molecular complexity index is 1810. The number of benzene rings is 4. The van der Waals surface area contributed by atoms with Gasteiger partial charge in [-0.2, -0.15) is 0 Å². The van der Waals surface area contributed by atoms with E-state index in [2.05, 4.69) is 83.8 Å². The van der Waals surface area contributed by atoms with Gasteiger partial charge in [-0.15, -0.1) is 0 Å². The van der Waals surface area contributed by atoms with Crippen LogP contribution in [0.4, 0.5) is 0 Å². The van der Waals surface area contributed by atoms with Crippen LogP contribution in [-0.4, -0.2) is 9.97 Å².